The van der Waals surface area contributed by atoms with Gasteiger partial charge in [0.1, 0.15) is 0 Å². The standard InChI is InChI=1S/C15H34O3Si/c1-12(2)19(13(3)4,14(5)6)18-15(11-17-7)9-8-10-16/h12-16H,8-11H2,1-7H3. The molecule has 19 heavy (non-hydrogen) atoms. The molecule has 0 rings (SSSR count). The number of methoxy groups -OCH3 is 1. The van der Waals surface area contributed by atoms with Crippen LogP contribution in [0.25, 0.3) is 0 Å². The Kier molecular flexibility index (Phi) is 9.16. The maximum Gasteiger partial charge on any atom is 0.200 e. The molecule has 0 aromatic heterocycles. The molecule has 0 amide bonds. The Morgan fingerprint density at radius 2 is 1.42 bits per heavy atom. The van der Waals surface area contributed by atoms with Gasteiger partial charge >= 0.3 is 0 Å². The van der Waals surface area contributed by atoms with Crippen molar-refractivity contribution in [2.24, 2.45) is 0 Å². The summed E-state index contributed by atoms with van der Waals surface area (Å²) < 4.78 is 12.0. The molecule has 3 nitrogen and oxygen atoms in total. The van der Waals surface area contributed by atoms with Crippen molar-refractivity contribution in [2.75, 3.05) is 20.3 Å². The molecule has 0 heterocycles. The van der Waals surface area contributed by atoms with Gasteiger partial charge in [-0.05, 0) is 29.5 Å². The first-order valence-corrected chi connectivity index (χ1v) is 9.74. The fourth-order valence-electron chi connectivity index (χ4n) is 3.38. The third kappa shape index (κ3) is 5.18. The number of rotatable bonds is 10. The summed E-state index contributed by atoms with van der Waals surface area (Å²) in [5.74, 6) is 0. The molecule has 0 saturated heterocycles. The highest BCUT2D eigenvalue weighted by Crippen LogP contribution is 2.43. The molecule has 1 N–H and O–H groups in total. The summed E-state index contributed by atoms with van der Waals surface area (Å²) in [6, 6.07) is 0. The lowest BCUT2D eigenvalue weighted by Gasteiger charge is -2.44. The fraction of sp³-hybridized carbons (Fsp3) is 1.00. The van der Waals surface area contributed by atoms with Crippen LogP contribution in [-0.2, 0) is 9.16 Å². The van der Waals surface area contributed by atoms with E-state index in [0.717, 1.165) is 12.8 Å². The van der Waals surface area contributed by atoms with Gasteiger partial charge in [0.2, 0.25) is 8.32 Å². The third-order valence-electron chi connectivity index (χ3n) is 4.11. The summed E-state index contributed by atoms with van der Waals surface area (Å²) in [5.41, 5.74) is 1.75. The van der Waals surface area contributed by atoms with Crippen molar-refractivity contribution in [1.82, 2.24) is 0 Å². The highest BCUT2D eigenvalue weighted by molar-refractivity contribution is 6.77. The van der Waals surface area contributed by atoms with Crippen LogP contribution >= 0.6 is 0 Å². The molecule has 0 aliphatic carbocycles. The predicted octanol–water partition coefficient (Wildman–Crippen LogP) is 3.97. The van der Waals surface area contributed by atoms with Gasteiger partial charge in [0.25, 0.3) is 0 Å². The number of hydrogen-bond acceptors (Lipinski definition) is 3. The number of ether oxygens (including phenoxy) is 1. The van der Waals surface area contributed by atoms with Gasteiger partial charge < -0.3 is 14.3 Å². The van der Waals surface area contributed by atoms with Crippen LogP contribution in [0, 0.1) is 0 Å². The van der Waals surface area contributed by atoms with Crippen molar-refractivity contribution in [2.45, 2.75) is 77.1 Å². The Labute approximate surface area is 120 Å². The summed E-state index contributed by atoms with van der Waals surface area (Å²) in [6.07, 6.45) is 1.79. The van der Waals surface area contributed by atoms with Crippen molar-refractivity contribution in [3.8, 4) is 0 Å². The molecule has 0 radical (unpaired) electrons. The minimum absolute atomic E-state index is 0.121. The van der Waals surface area contributed by atoms with Gasteiger partial charge in [-0.15, -0.1) is 0 Å². The Hall–Kier alpha value is 0.0969. The third-order valence-corrected chi connectivity index (χ3v) is 10.3. The summed E-state index contributed by atoms with van der Waals surface area (Å²) in [6.45, 7) is 14.6. The van der Waals surface area contributed by atoms with E-state index in [-0.39, 0.29) is 12.7 Å². The number of aliphatic hydroxyl groups excluding tert-OH is 1. The minimum Gasteiger partial charge on any atom is -0.411 e. The SMILES string of the molecule is COCC(CCCO)O[Si](C(C)C)(C(C)C)C(C)C. The molecule has 0 aliphatic rings. The van der Waals surface area contributed by atoms with Crippen molar-refractivity contribution in [3.63, 3.8) is 0 Å². The lowest BCUT2D eigenvalue weighted by Crippen LogP contribution is -2.51. The van der Waals surface area contributed by atoms with E-state index in [9.17, 15) is 0 Å². The van der Waals surface area contributed by atoms with Gasteiger partial charge in [0.15, 0.2) is 0 Å². The summed E-state index contributed by atoms with van der Waals surface area (Å²) >= 11 is 0. The first-order valence-electron chi connectivity index (χ1n) is 7.60. The zero-order chi connectivity index (χ0) is 15.1. The molecule has 1 unspecified atom stereocenters. The molecular formula is C15H34O3Si. The normalized spacial score (nSPS) is 14.7. The first kappa shape index (κ1) is 19.1. The van der Waals surface area contributed by atoms with Crippen molar-refractivity contribution in [1.29, 1.82) is 0 Å². The molecule has 0 spiro atoms. The summed E-state index contributed by atoms with van der Waals surface area (Å²) in [7, 11) is -0.119. The molecule has 0 saturated carbocycles. The van der Waals surface area contributed by atoms with E-state index in [1.165, 1.54) is 0 Å². The van der Waals surface area contributed by atoms with Gasteiger partial charge in [0.05, 0.1) is 12.7 Å². The zero-order valence-corrected chi connectivity index (χ0v) is 14.9. The van der Waals surface area contributed by atoms with Crippen LogP contribution in [0.1, 0.15) is 54.4 Å². The second kappa shape index (κ2) is 9.11. The Balaban J connectivity index is 5.03. The zero-order valence-electron chi connectivity index (χ0n) is 13.9. The molecule has 116 valence electrons. The topological polar surface area (TPSA) is 38.7 Å². The second-order valence-electron chi connectivity index (χ2n) is 6.38. The van der Waals surface area contributed by atoms with E-state index in [2.05, 4.69) is 41.5 Å². The van der Waals surface area contributed by atoms with Gasteiger partial charge in [-0.1, -0.05) is 41.5 Å². The molecule has 0 aromatic carbocycles. The van der Waals surface area contributed by atoms with Crippen molar-refractivity contribution >= 4 is 8.32 Å². The van der Waals surface area contributed by atoms with E-state index in [1.807, 2.05) is 0 Å². The maximum absolute atomic E-state index is 9.02. The average Bonchev–Trinajstić information content (AvgIpc) is 2.31. The van der Waals surface area contributed by atoms with Crippen LogP contribution in [0.15, 0.2) is 0 Å². The molecule has 0 bridgehead atoms. The van der Waals surface area contributed by atoms with E-state index < -0.39 is 8.32 Å². The van der Waals surface area contributed by atoms with Gasteiger partial charge in [0, 0.05) is 13.7 Å². The van der Waals surface area contributed by atoms with Crippen LogP contribution in [0.5, 0.6) is 0 Å². The van der Waals surface area contributed by atoms with Gasteiger partial charge in [-0.25, -0.2) is 0 Å². The number of hydrogen-bond donors (Lipinski definition) is 1. The van der Waals surface area contributed by atoms with Gasteiger partial charge in [-0.2, -0.15) is 0 Å². The summed E-state index contributed by atoms with van der Waals surface area (Å²) in [4.78, 5) is 0. The highest BCUT2D eigenvalue weighted by atomic mass is 28.4. The van der Waals surface area contributed by atoms with E-state index in [4.69, 9.17) is 14.3 Å². The Morgan fingerprint density at radius 3 is 1.74 bits per heavy atom. The molecule has 0 fully saturated rings. The Bertz CT molecular complexity index is 208. The van der Waals surface area contributed by atoms with Gasteiger partial charge in [-0.3, -0.25) is 0 Å². The van der Waals surface area contributed by atoms with E-state index in [0.29, 0.717) is 23.2 Å². The van der Waals surface area contributed by atoms with E-state index >= 15 is 0 Å². The van der Waals surface area contributed by atoms with Crippen LogP contribution < -0.4 is 0 Å². The molecular weight excluding hydrogens is 256 g/mol. The second-order valence-corrected chi connectivity index (χ2v) is 11.8. The maximum atomic E-state index is 9.02. The van der Waals surface area contributed by atoms with Crippen molar-refractivity contribution < 1.29 is 14.3 Å². The van der Waals surface area contributed by atoms with Crippen LogP contribution in [-0.4, -0.2) is 39.9 Å². The predicted molar refractivity (Wildman–Crippen MR) is 84.1 cm³/mol. The highest BCUT2D eigenvalue weighted by Gasteiger charge is 2.46. The monoisotopic (exact) mass is 290 g/mol. The first-order chi connectivity index (χ1) is 8.82. The minimum atomic E-state index is -1.84. The van der Waals surface area contributed by atoms with E-state index in [1.54, 1.807) is 7.11 Å². The smallest absolute Gasteiger partial charge is 0.200 e. The summed E-state index contributed by atoms with van der Waals surface area (Å²) in [5, 5.41) is 9.02. The molecule has 0 aliphatic heterocycles. The van der Waals surface area contributed by atoms with Crippen LogP contribution in [0.3, 0.4) is 0 Å². The number of aliphatic hydroxyl groups is 1. The average molecular weight is 291 g/mol. The molecule has 4 heteroatoms. The van der Waals surface area contributed by atoms with Crippen LogP contribution in [0.2, 0.25) is 16.6 Å². The lowest BCUT2D eigenvalue weighted by atomic mass is 10.2. The van der Waals surface area contributed by atoms with Crippen molar-refractivity contribution in [3.05, 3.63) is 0 Å². The lowest BCUT2D eigenvalue weighted by molar-refractivity contribution is 0.0588. The molecule has 1 atom stereocenters. The quantitative estimate of drug-likeness (QED) is 0.619. The molecule has 0 aromatic rings. The fourth-order valence-corrected chi connectivity index (χ4v) is 8.96. The van der Waals surface area contributed by atoms with Crippen LogP contribution in [0.4, 0.5) is 0 Å². The Morgan fingerprint density at radius 1 is 0.947 bits per heavy atom. The largest absolute Gasteiger partial charge is 0.411 e.